The molecule has 0 spiro atoms. The Morgan fingerprint density at radius 3 is 1.18 bits per heavy atom. The summed E-state index contributed by atoms with van der Waals surface area (Å²) in [5.74, 6) is 0. The van der Waals surface area contributed by atoms with E-state index in [4.69, 9.17) is 0 Å². The second-order valence-electron chi connectivity index (χ2n) is 9.75. The second kappa shape index (κ2) is 19.2. The first kappa shape index (κ1) is 28.1. The van der Waals surface area contributed by atoms with Gasteiger partial charge in [-0.25, -0.2) is 9.13 Å². The zero-order chi connectivity index (χ0) is 24.1. The second-order valence-corrected chi connectivity index (χ2v) is 9.75. The smallest absolute Gasteiger partial charge is 0.170 e. The van der Waals surface area contributed by atoms with Crippen molar-refractivity contribution < 1.29 is 9.13 Å². The van der Waals surface area contributed by atoms with Crippen molar-refractivity contribution in [3.63, 3.8) is 0 Å². The topological polar surface area (TPSA) is 31.8 Å². The molecular formula is C30H52N4+2. The van der Waals surface area contributed by atoms with Crippen molar-refractivity contribution in [2.45, 2.75) is 117 Å². The summed E-state index contributed by atoms with van der Waals surface area (Å²) in [7, 11) is 0. The van der Waals surface area contributed by atoms with Crippen LogP contribution in [0.5, 0.6) is 0 Å². The van der Waals surface area contributed by atoms with E-state index in [0.717, 1.165) is 26.2 Å². The molecule has 2 aromatic rings. The Bertz CT molecular complexity index is 648. The highest BCUT2D eigenvalue weighted by atomic mass is 14.9. The molecule has 2 heterocycles. The lowest BCUT2D eigenvalue weighted by Gasteiger charge is -2.05. The molecule has 2 N–H and O–H groups in total. The number of aryl methyl sites for hydroxylation is 2. The summed E-state index contributed by atoms with van der Waals surface area (Å²) in [6, 6.07) is 8.85. The van der Waals surface area contributed by atoms with Crippen molar-refractivity contribution in [2.75, 3.05) is 23.7 Å². The quantitative estimate of drug-likeness (QED) is 0.149. The van der Waals surface area contributed by atoms with E-state index in [1.807, 2.05) is 0 Å². The largest absolute Gasteiger partial charge is 0.385 e. The van der Waals surface area contributed by atoms with Gasteiger partial charge < -0.3 is 10.6 Å². The number of nitrogens with zero attached hydrogens (tertiary/aromatic N) is 2. The van der Waals surface area contributed by atoms with Gasteiger partial charge in [0.1, 0.15) is 13.1 Å². The van der Waals surface area contributed by atoms with Crippen LogP contribution in [-0.2, 0) is 13.1 Å². The minimum Gasteiger partial charge on any atom is -0.385 e. The lowest BCUT2D eigenvalue weighted by atomic mass is 10.1. The highest BCUT2D eigenvalue weighted by Gasteiger charge is 2.03. The molecule has 2 rings (SSSR count). The number of rotatable bonds is 21. The van der Waals surface area contributed by atoms with Crippen LogP contribution in [0.2, 0.25) is 0 Å². The van der Waals surface area contributed by atoms with Crippen LogP contribution in [0, 0.1) is 0 Å². The molecule has 0 fully saturated rings. The number of hydrogen-bond donors (Lipinski definition) is 2. The summed E-state index contributed by atoms with van der Waals surface area (Å²) in [5, 5.41) is 7.03. The van der Waals surface area contributed by atoms with E-state index in [0.29, 0.717) is 0 Å². The van der Waals surface area contributed by atoms with Crippen molar-refractivity contribution in [1.29, 1.82) is 0 Å². The molecule has 0 saturated carbocycles. The van der Waals surface area contributed by atoms with Crippen LogP contribution in [-0.4, -0.2) is 13.1 Å². The Labute approximate surface area is 210 Å². The minimum absolute atomic E-state index is 1.08. The molecule has 0 aliphatic heterocycles. The SMILES string of the molecule is CCCCCNc1cc[n+](CCCCCCCCCC[n+]2ccc(NCCCCC)cc2)cc1. The molecule has 4 heteroatoms. The average molecular weight is 469 g/mol. The minimum atomic E-state index is 1.08. The van der Waals surface area contributed by atoms with Gasteiger partial charge in [0.05, 0.1) is 0 Å². The summed E-state index contributed by atoms with van der Waals surface area (Å²) in [4.78, 5) is 0. The van der Waals surface area contributed by atoms with Crippen LogP contribution in [0.4, 0.5) is 11.4 Å². The Morgan fingerprint density at radius 1 is 0.471 bits per heavy atom. The maximum absolute atomic E-state index is 3.52. The lowest BCUT2D eigenvalue weighted by Crippen LogP contribution is -2.32. The number of nitrogens with one attached hydrogen (secondary N) is 2. The molecule has 0 aromatic carbocycles. The fourth-order valence-electron chi connectivity index (χ4n) is 4.31. The molecule has 4 nitrogen and oxygen atoms in total. The summed E-state index contributed by atoms with van der Waals surface area (Å²) in [5.41, 5.74) is 2.50. The molecule has 0 aliphatic rings. The maximum atomic E-state index is 3.52. The average Bonchev–Trinajstić information content (AvgIpc) is 2.87. The molecule has 190 valence electrons. The van der Waals surface area contributed by atoms with Crippen molar-refractivity contribution in [1.82, 2.24) is 0 Å². The first-order valence-electron chi connectivity index (χ1n) is 14.3. The third-order valence-electron chi connectivity index (χ3n) is 6.58. The van der Waals surface area contributed by atoms with Gasteiger partial charge in [-0.05, 0) is 25.7 Å². The summed E-state index contributed by atoms with van der Waals surface area (Å²) >= 11 is 0. The number of unbranched alkanes of at least 4 members (excludes halogenated alkanes) is 11. The molecule has 2 aromatic heterocycles. The van der Waals surface area contributed by atoms with Gasteiger partial charge in [0.2, 0.25) is 0 Å². The van der Waals surface area contributed by atoms with Crippen LogP contribution >= 0.6 is 0 Å². The summed E-state index contributed by atoms with van der Waals surface area (Å²) < 4.78 is 4.65. The van der Waals surface area contributed by atoms with Gasteiger partial charge in [-0.15, -0.1) is 0 Å². The van der Waals surface area contributed by atoms with Crippen molar-refractivity contribution in [3.8, 4) is 0 Å². The van der Waals surface area contributed by atoms with Gasteiger partial charge in [0.25, 0.3) is 0 Å². The fourth-order valence-corrected chi connectivity index (χ4v) is 4.31. The van der Waals surface area contributed by atoms with Gasteiger partial charge in [0, 0.05) is 61.6 Å². The van der Waals surface area contributed by atoms with Crippen LogP contribution in [0.25, 0.3) is 0 Å². The third-order valence-corrected chi connectivity index (χ3v) is 6.58. The van der Waals surface area contributed by atoms with E-state index in [9.17, 15) is 0 Å². The van der Waals surface area contributed by atoms with Crippen LogP contribution in [0.1, 0.15) is 104 Å². The first-order chi connectivity index (χ1) is 16.8. The lowest BCUT2D eigenvalue weighted by molar-refractivity contribution is -0.697. The highest BCUT2D eigenvalue weighted by Crippen LogP contribution is 2.10. The Morgan fingerprint density at radius 2 is 0.824 bits per heavy atom. The van der Waals surface area contributed by atoms with Crippen LogP contribution in [0.15, 0.2) is 49.1 Å². The van der Waals surface area contributed by atoms with Gasteiger partial charge in [-0.3, -0.25) is 0 Å². The van der Waals surface area contributed by atoms with Crippen LogP contribution in [0.3, 0.4) is 0 Å². The molecule has 0 unspecified atom stereocenters. The van der Waals surface area contributed by atoms with Gasteiger partial charge in [-0.1, -0.05) is 65.2 Å². The predicted molar refractivity (Wildman–Crippen MR) is 146 cm³/mol. The fraction of sp³-hybridized carbons (Fsp3) is 0.667. The zero-order valence-electron chi connectivity index (χ0n) is 22.2. The van der Waals surface area contributed by atoms with Gasteiger partial charge in [-0.2, -0.15) is 0 Å². The van der Waals surface area contributed by atoms with Crippen molar-refractivity contribution in [2.24, 2.45) is 0 Å². The molecule has 34 heavy (non-hydrogen) atoms. The molecule has 0 saturated heterocycles. The molecular weight excluding hydrogens is 416 g/mol. The van der Waals surface area contributed by atoms with Gasteiger partial charge in [0.15, 0.2) is 24.8 Å². The number of hydrogen-bond acceptors (Lipinski definition) is 2. The Balaban J connectivity index is 1.41. The van der Waals surface area contributed by atoms with Gasteiger partial charge >= 0.3 is 0 Å². The molecule has 0 bridgehead atoms. The third kappa shape index (κ3) is 13.6. The van der Waals surface area contributed by atoms with E-state index in [2.05, 4.69) is 82.7 Å². The standard InChI is InChI=1S/C30H50N4/c1-3-5-13-21-31-29-17-25-33(26-18-29)23-15-11-9-7-8-10-12-16-24-34-27-19-30(20-28-34)32-22-14-6-4-2/h17-20,25-28H,3-16,21-24H2,1-2H3/p+2. The normalized spacial score (nSPS) is 11.0. The Hall–Kier alpha value is -2.10. The summed E-state index contributed by atoms with van der Waals surface area (Å²) in [6.07, 6.45) is 27.4. The van der Waals surface area contributed by atoms with E-state index < -0.39 is 0 Å². The molecule has 0 atom stereocenters. The monoisotopic (exact) mass is 468 g/mol. The van der Waals surface area contributed by atoms with Crippen LogP contribution < -0.4 is 19.8 Å². The molecule has 0 radical (unpaired) electrons. The van der Waals surface area contributed by atoms with E-state index in [1.165, 1.54) is 101 Å². The number of aromatic nitrogens is 2. The van der Waals surface area contributed by atoms with E-state index in [1.54, 1.807) is 0 Å². The molecule has 0 amide bonds. The predicted octanol–water partition coefficient (Wildman–Crippen LogP) is 7.29. The highest BCUT2D eigenvalue weighted by molar-refractivity contribution is 5.40. The molecule has 0 aliphatic carbocycles. The zero-order valence-corrected chi connectivity index (χ0v) is 22.2. The first-order valence-corrected chi connectivity index (χ1v) is 14.3. The van der Waals surface area contributed by atoms with Crippen molar-refractivity contribution in [3.05, 3.63) is 49.1 Å². The Kier molecular flexibility index (Phi) is 15.9. The maximum Gasteiger partial charge on any atom is 0.170 e. The number of pyridine rings is 2. The van der Waals surface area contributed by atoms with E-state index in [-0.39, 0.29) is 0 Å². The number of anilines is 2. The van der Waals surface area contributed by atoms with Crippen molar-refractivity contribution >= 4 is 11.4 Å². The van der Waals surface area contributed by atoms with E-state index >= 15 is 0 Å². The summed E-state index contributed by atoms with van der Waals surface area (Å²) in [6.45, 7) is 8.95.